The van der Waals surface area contributed by atoms with Crippen molar-refractivity contribution in [3.63, 3.8) is 0 Å². The topological polar surface area (TPSA) is 60.2 Å². The van der Waals surface area contributed by atoms with Crippen LogP contribution in [0, 0.1) is 17.8 Å². The van der Waals surface area contributed by atoms with Crippen LogP contribution in [-0.4, -0.2) is 11.7 Å². The molecule has 0 aliphatic heterocycles. The molecule has 2 atom stereocenters. The van der Waals surface area contributed by atoms with Crippen molar-refractivity contribution in [1.82, 2.24) is 0 Å². The second-order valence-electron chi connectivity index (χ2n) is 4.27. The standard InChI is InChI=1S/C9H17NO2.C4H8.C2H6/c1-5(2)8(7(4)11)6(3)9(10)12;1-3-4-2;1-2/h5-6,8H,1-4H3,(H2,10,12);3H,1,4H2,2H3;1-2H3. The molecule has 0 heterocycles. The van der Waals surface area contributed by atoms with Crippen LogP contribution >= 0.6 is 0 Å². The van der Waals surface area contributed by atoms with Gasteiger partial charge >= 0.3 is 0 Å². The first-order valence-corrected chi connectivity index (χ1v) is 6.70. The Bertz CT molecular complexity index is 235. The predicted octanol–water partition coefficient (Wildman–Crippen LogP) is 3.58. The van der Waals surface area contributed by atoms with Gasteiger partial charge in [-0.05, 0) is 19.3 Å². The van der Waals surface area contributed by atoms with Crippen molar-refractivity contribution in [2.45, 2.75) is 54.9 Å². The summed E-state index contributed by atoms with van der Waals surface area (Å²) in [6.45, 7) is 16.6. The van der Waals surface area contributed by atoms with Crippen LogP contribution in [0.4, 0.5) is 0 Å². The van der Waals surface area contributed by atoms with E-state index in [1.54, 1.807) is 6.92 Å². The van der Waals surface area contributed by atoms with Crippen LogP contribution in [0.2, 0.25) is 0 Å². The maximum absolute atomic E-state index is 11.1. The van der Waals surface area contributed by atoms with E-state index in [0.717, 1.165) is 6.42 Å². The molecule has 2 unspecified atom stereocenters. The number of allylic oxidation sites excluding steroid dienone is 1. The summed E-state index contributed by atoms with van der Waals surface area (Å²) in [4.78, 5) is 21.9. The molecule has 108 valence electrons. The van der Waals surface area contributed by atoms with Gasteiger partial charge in [-0.15, -0.1) is 6.58 Å². The molecule has 0 bridgehead atoms. The number of rotatable bonds is 5. The van der Waals surface area contributed by atoms with Crippen LogP contribution in [0.15, 0.2) is 12.7 Å². The second kappa shape index (κ2) is 13.9. The lowest BCUT2D eigenvalue weighted by Gasteiger charge is -2.22. The average Bonchev–Trinajstić information content (AvgIpc) is 2.31. The summed E-state index contributed by atoms with van der Waals surface area (Å²) in [7, 11) is 0. The molecule has 2 N–H and O–H groups in total. The first-order valence-electron chi connectivity index (χ1n) is 6.70. The van der Waals surface area contributed by atoms with E-state index in [-0.39, 0.29) is 23.5 Å². The summed E-state index contributed by atoms with van der Waals surface area (Å²) in [5.74, 6) is -0.782. The Kier molecular flexibility index (Phi) is 17.1. The molecule has 3 heteroatoms. The Morgan fingerprint density at radius 3 is 1.61 bits per heavy atom. The molecule has 0 spiro atoms. The number of carbonyl (C=O) groups is 2. The van der Waals surface area contributed by atoms with Gasteiger partial charge in [0.15, 0.2) is 0 Å². The number of ketones is 1. The number of primary amides is 1. The quantitative estimate of drug-likeness (QED) is 0.765. The van der Waals surface area contributed by atoms with Crippen molar-refractivity contribution in [3.05, 3.63) is 12.7 Å². The molecule has 18 heavy (non-hydrogen) atoms. The first kappa shape index (κ1) is 22.1. The molecule has 0 aliphatic carbocycles. The third-order valence-electron chi connectivity index (χ3n) is 2.46. The van der Waals surface area contributed by atoms with Gasteiger partial charge in [0.05, 0.1) is 0 Å². The van der Waals surface area contributed by atoms with Gasteiger partial charge in [0.25, 0.3) is 0 Å². The highest BCUT2D eigenvalue weighted by Crippen LogP contribution is 2.21. The minimum absolute atomic E-state index is 0.0382. The molecule has 0 saturated heterocycles. The fourth-order valence-corrected chi connectivity index (χ4v) is 1.58. The van der Waals surface area contributed by atoms with E-state index >= 15 is 0 Å². The number of hydrogen-bond donors (Lipinski definition) is 1. The molecule has 0 aliphatic rings. The number of carbonyl (C=O) groups excluding carboxylic acids is 2. The van der Waals surface area contributed by atoms with Crippen molar-refractivity contribution in [3.8, 4) is 0 Å². The third-order valence-corrected chi connectivity index (χ3v) is 2.46. The van der Waals surface area contributed by atoms with Gasteiger partial charge < -0.3 is 5.73 Å². The van der Waals surface area contributed by atoms with Crippen molar-refractivity contribution in [2.24, 2.45) is 23.5 Å². The Balaban J connectivity index is -0.000000317. The van der Waals surface area contributed by atoms with Crippen molar-refractivity contribution in [2.75, 3.05) is 0 Å². The maximum atomic E-state index is 11.1. The minimum atomic E-state index is -0.399. The van der Waals surface area contributed by atoms with Gasteiger partial charge in [-0.2, -0.15) is 0 Å². The van der Waals surface area contributed by atoms with Gasteiger partial charge in [0.1, 0.15) is 5.78 Å². The highest BCUT2D eigenvalue weighted by molar-refractivity contribution is 5.86. The lowest BCUT2D eigenvalue weighted by Crippen LogP contribution is -2.34. The molecule has 0 aromatic carbocycles. The van der Waals surface area contributed by atoms with E-state index in [2.05, 4.69) is 13.5 Å². The van der Waals surface area contributed by atoms with Crippen LogP contribution in [0.3, 0.4) is 0 Å². The average molecular weight is 257 g/mol. The lowest BCUT2D eigenvalue weighted by molar-refractivity contribution is -0.131. The van der Waals surface area contributed by atoms with E-state index < -0.39 is 5.91 Å². The maximum Gasteiger partial charge on any atom is 0.220 e. The molecule has 0 aromatic heterocycles. The number of amides is 1. The zero-order valence-electron chi connectivity index (χ0n) is 13.1. The van der Waals surface area contributed by atoms with Crippen LogP contribution in [0.5, 0.6) is 0 Å². The summed E-state index contributed by atoms with van der Waals surface area (Å²) in [5, 5.41) is 0. The van der Waals surface area contributed by atoms with Crippen molar-refractivity contribution in [1.29, 1.82) is 0 Å². The Hall–Kier alpha value is -1.12. The zero-order chi connectivity index (χ0) is 15.3. The van der Waals surface area contributed by atoms with Crippen molar-refractivity contribution < 1.29 is 9.59 Å². The Labute approximate surface area is 113 Å². The lowest BCUT2D eigenvalue weighted by atomic mass is 9.81. The molecule has 0 saturated carbocycles. The first-order chi connectivity index (χ1) is 8.29. The molecule has 0 radical (unpaired) electrons. The summed E-state index contributed by atoms with van der Waals surface area (Å²) in [5.41, 5.74) is 5.12. The summed E-state index contributed by atoms with van der Waals surface area (Å²) < 4.78 is 0. The van der Waals surface area contributed by atoms with E-state index in [4.69, 9.17) is 5.73 Å². The summed E-state index contributed by atoms with van der Waals surface area (Å²) >= 11 is 0. The predicted molar refractivity (Wildman–Crippen MR) is 79.2 cm³/mol. The second-order valence-corrected chi connectivity index (χ2v) is 4.27. The highest BCUT2D eigenvalue weighted by Gasteiger charge is 2.28. The highest BCUT2D eigenvalue weighted by atomic mass is 16.1. The number of Topliss-reactive ketones (excluding diaryl/α,β-unsaturated/α-hetero) is 1. The number of hydrogen-bond acceptors (Lipinski definition) is 2. The van der Waals surface area contributed by atoms with E-state index in [0.29, 0.717) is 0 Å². The van der Waals surface area contributed by atoms with Gasteiger partial charge in [0.2, 0.25) is 5.91 Å². The van der Waals surface area contributed by atoms with Crippen LogP contribution in [0.25, 0.3) is 0 Å². The molecular formula is C15H31NO2. The normalized spacial score (nSPS) is 12.2. The minimum Gasteiger partial charge on any atom is -0.369 e. The van der Waals surface area contributed by atoms with Gasteiger partial charge in [-0.25, -0.2) is 0 Å². The molecule has 0 rings (SSSR count). The number of nitrogens with two attached hydrogens (primary N) is 1. The van der Waals surface area contributed by atoms with E-state index in [1.165, 1.54) is 6.92 Å². The fourth-order valence-electron chi connectivity index (χ4n) is 1.58. The smallest absolute Gasteiger partial charge is 0.220 e. The van der Waals surface area contributed by atoms with Crippen molar-refractivity contribution >= 4 is 11.7 Å². The molecule has 3 nitrogen and oxygen atoms in total. The fraction of sp³-hybridized carbons (Fsp3) is 0.733. The molecule has 0 fully saturated rings. The molecular weight excluding hydrogens is 226 g/mol. The van der Waals surface area contributed by atoms with E-state index in [9.17, 15) is 9.59 Å². The van der Waals surface area contributed by atoms with E-state index in [1.807, 2.05) is 33.8 Å². The Morgan fingerprint density at radius 2 is 1.56 bits per heavy atom. The van der Waals surface area contributed by atoms with Gasteiger partial charge in [-0.3, -0.25) is 9.59 Å². The molecule has 1 amide bonds. The third kappa shape index (κ3) is 11.4. The van der Waals surface area contributed by atoms with Crippen LogP contribution < -0.4 is 5.73 Å². The largest absolute Gasteiger partial charge is 0.369 e. The van der Waals surface area contributed by atoms with Crippen LogP contribution in [0.1, 0.15) is 54.9 Å². The summed E-state index contributed by atoms with van der Waals surface area (Å²) in [6.07, 6.45) is 2.96. The SMILES string of the molecule is C=CCC.CC.CC(=O)C(C(C)C)C(C)C(N)=O. The van der Waals surface area contributed by atoms with Crippen LogP contribution in [-0.2, 0) is 9.59 Å². The zero-order valence-corrected chi connectivity index (χ0v) is 13.1. The monoisotopic (exact) mass is 257 g/mol. The molecule has 0 aromatic rings. The van der Waals surface area contributed by atoms with Gasteiger partial charge in [0, 0.05) is 11.8 Å². The summed E-state index contributed by atoms with van der Waals surface area (Å²) in [6, 6.07) is 0. The Morgan fingerprint density at radius 1 is 1.22 bits per heavy atom. The van der Waals surface area contributed by atoms with Gasteiger partial charge in [-0.1, -0.05) is 47.6 Å².